The molecular formula is C30H35NO5. The van der Waals surface area contributed by atoms with Gasteiger partial charge in [0.25, 0.3) is 5.91 Å². The molecule has 0 aliphatic carbocycles. The second-order valence-electron chi connectivity index (χ2n) is 9.31. The van der Waals surface area contributed by atoms with Gasteiger partial charge in [0.15, 0.2) is 17.6 Å². The quantitative estimate of drug-likeness (QED) is 0.380. The van der Waals surface area contributed by atoms with Gasteiger partial charge < -0.3 is 23.8 Å². The molecule has 1 heterocycles. The van der Waals surface area contributed by atoms with E-state index >= 15 is 0 Å². The van der Waals surface area contributed by atoms with Crippen LogP contribution in [0.4, 0.5) is 0 Å². The fraction of sp³-hybridized carbons (Fsp3) is 0.367. The van der Waals surface area contributed by atoms with E-state index in [-0.39, 0.29) is 11.9 Å². The first kappa shape index (κ1) is 25.4. The zero-order chi connectivity index (χ0) is 25.7. The molecule has 36 heavy (non-hydrogen) atoms. The summed E-state index contributed by atoms with van der Waals surface area (Å²) in [5.74, 6) is 3.12. The summed E-state index contributed by atoms with van der Waals surface area (Å²) in [6.45, 7) is 7.00. The van der Waals surface area contributed by atoms with Crippen LogP contribution in [0, 0.1) is 0 Å². The standard InChI is InChI=1S/C30H35NO5/c1-20(2)22-11-13-24(14-12-22)35-19-27-26-18-29(34-5)28(33-4)17-23(26)15-16-31(27)30(32)21(3)36-25-9-7-6-8-10-25/h6-14,17-18,20-21,27H,15-16,19H2,1-5H3/t21-,27-/m1/s1. The third-order valence-electron chi connectivity index (χ3n) is 6.64. The van der Waals surface area contributed by atoms with Crippen LogP contribution in [0.5, 0.6) is 23.0 Å². The van der Waals surface area contributed by atoms with Crippen molar-refractivity contribution in [3.8, 4) is 23.0 Å². The highest BCUT2D eigenvalue weighted by atomic mass is 16.5. The second kappa shape index (κ2) is 11.4. The van der Waals surface area contributed by atoms with Gasteiger partial charge in [0.05, 0.1) is 20.3 Å². The van der Waals surface area contributed by atoms with Gasteiger partial charge >= 0.3 is 0 Å². The Morgan fingerprint density at radius 1 is 0.917 bits per heavy atom. The van der Waals surface area contributed by atoms with Crippen molar-refractivity contribution in [2.75, 3.05) is 27.4 Å². The molecule has 2 atom stereocenters. The molecule has 1 aliphatic rings. The van der Waals surface area contributed by atoms with Crippen molar-refractivity contribution in [3.63, 3.8) is 0 Å². The van der Waals surface area contributed by atoms with Crippen molar-refractivity contribution < 1.29 is 23.7 Å². The number of nitrogens with zero attached hydrogens (tertiary/aromatic N) is 1. The molecule has 0 N–H and O–H groups in total. The van der Waals surface area contributed by atoms with Crippen LogP contribution in [0.2, 0.25) is 0 Å². The molecule has 0 aromatic heterocycles. The molecule has 0 bridgehead atoms. The molecular weight excluding hydrogens is 454 g/mol. The van der Waals surface area contributed by atoms with E-state index in [9.17, 15) is 4.79 Å². The van der Waals surface area contributed by atoms with Crippen LogP contribution in [-0.4, -0.2) is 44.3 Å². The van der Waals surface area contributed by atoms with E-state index in [1.807, 2.05) is 59.5 Å². The Hall–Kier alpha value is -3.67. The van der Waals surface area contributed by atoms with Crippen LogP contribution in [0.25, 0.3) is 0 Å². The van der Waals surface area contributed by atoms with Crippen LogP contribution >= 0.6 is 0 Å². The van der Waals surface area contributed by atoms with E-state index in [4.69, 9.17) is 18.9 Å². The van der Waals surface area contributed by atoms with E-state index in [0.717, 1.165) is 16.9 Å². The fourth-order valence-electron chi connectivity index (χ4n) is 4.58. The van der Waals surface area contributed by atoms with Crippen LogP contribution < -0.4 is 18.9 Å². The van der Waals surface area contributed by atoms with Crippen molar-refractivity contribution >= 4 is 5.91 Å². The Balaban J connectivity index is 1.61. The monoisotopic (exact) mass is 489 g/mol. The molecule has 1 amide bonds. The molecule has 0 saturated heterocycles. The predicted octanol–water partition coefficient (Wildman–Crippen LogP) is 5.80. The van der Waals surface area contributed by atoms with Crippen molar-refractivity contribution in [3.05, 3.63) is 83.4 Å². The summed E-state index contributed by atoms with van der Waals surface area (Å²) < 4.78 is 23.3. The van der Waals surface area contributed by atoms with E-state index in [1.165, 1.54) is 5.56 Å². The van der Waals surface area contributed by atoms with Gasteiger partial charge in [-0.25, -0.2) is 0 Å². The van der Waals surface area contributed by atoms with Gasteiger partial charge in [-0.3, -0.25) is 4.79 Å². The number of ether oxygens (including phenoxy) is 4. The minimum Gasteiger partial charge on any atom is -0.493 e. The molecule has 1 aliphatic heterocycles. The molecule has 0 unspecified atom stereocenters. The lowest BCUT2D eigenvalue weighted by atomic mass is 9.91. The Morgan fingerprint density at radius 3 is 2.22 bits per heavy atom. The SMILES string of the molecule is COc1cc2c(cc1OC)[C@@H](COc1ccc(C(C)C)cc1)N(C(=O)[C@@H](C)Oc1ccccc1)CC2. The maximum Gasteiger partial charge on any atom is 0.263 e. The summed E-state index contributed by atoms with van der Waals surface area (Å²) in [6, 6.07) is 21.2. The second-order valence-corrected chi connectivity index (χ2v) is 9.31. The number of amides is 1. The molecule has 6 heteroatoms. The van der Waals surface area contributed by atoms with Gasteiger partial charge in [0.2, 0.25) is 0 Å². The molecule has 4 rings (SSSR count). The smallest absolute Gasteiger partial charge is 0.263 e. The maximum absolute atomic E-state index is 13.6. The molecule has 3 aromatic rings. The van der Waals surface area contributed by atoms with Crippen molar-refractivity contribution in [1.29, 1.82) is 0 Å². The van der Waals surface area contributed by atoms with E-state index in [0.29, 0.717) is 42.7 Å². The predicted molar refractivity (Wildman–Crippen MR) is 140 cm³/mol. The van der Waals surface area contributed by atoms with Gasteiger partial charge in [0, 0.05) is 6.54 Å². The topological polar surface area (TPSA) is 57.2 Å². The average molecular weight is 490 g/mol. The third-order valence-corrected chi connectivity index (χ3v) is 6.64. The first-order valence-corrected chi connectivity index (χ1v) is 12.4. The van der Waals surface area contributed by atoms with Crippen molar-refractivity contribution in [1.82, 2.24) is 4.90 Å². The van der Waals surface area contributed by atoms with Gasteiger partial charge in [-0.15, -0.1) is 0 Å². The first-order chi connectivity index (χ1) is 17.4. The summed E-state index contributed by atoms with van der Waals surface area (Å²) in [5.41, 5.74) is 3.38. The Labute approximate surface area is 213 Å². The Kier molecular flexibility index (Phi) is 8.04. The van der Waals surface area contributed by atoms with Crippen molar-refractivity contribution in [2.24, 2.45) is 0 Å². The number of carbonyl (C=O) groups is 1. The van der Waals surface area contributed by atoms with Crippen molar-refractivity contribution in [2.45, 2.75) is 45.3 Å². The largest absolute Gasteiger partial charge is 0.493 e. The molecule has 0 spiro atoms. The highest BCUT2D eigenvalue weighted by Gasteiger charge is 2.35. The summed E-state index contributed by atoms with van der Waals surface area (Å²) in [6.07, 6.45) is 0.0703. The lowest BCUT2D eigenvalue weighted by molar-refractivity contribution is -0.141. The minimum atomic E-state index is -0.637. The van der Waals surface area contributed by atoms with Crippen LogP contribution in [-0.2, 0) is 11.2 Å². The highest BCUT2D eigenvalue weighted by molar-refractivity contribution is 5.82. The molecule has 3 aromatic carbocycles. The lowest BCUT2D eigenvalue weighted by Crippen LogP contribution is -2.47. The third kappa shape index (κ3) is 5.59. The van der Waals surface area contributed by atoms with Crippen LogP contribution in [0.15, 0.2) is 66.7 Å². The van der Waals surface area contributed by atoms with Gasteiger partial charge in [0.1, 0.15) is 18.1 Å². The molecule has 0 radical (unpaired) electrons. The van der Waals surface area contributed by atoms with Crippen LogP contribution in [0.3, 0.4) is 0 Å². The highest BCUT2D eigenvalue weighted by Crippen LogP contribution is 2.39. The maximum atomic E-state index is 13.6. The zero-order valence-corrected chi connectivity index (χ0v) is 21.7. The average Bonchev–Trinajstić information content (AvgIpc) is 2.91. The number of fused-ring (bicyclic) bond motifs is 1. The molecule has 0 saturated carbocycles. The van der Waals surface area contributed by atoms with Gasteiger partial charge in [-0.1, -0.05) is 44.2 Å². The van der Waals surface area contributed by atoms with E-state index in [2.05, 4.69) is 26.0 Å². The van der Waals surface area contributed by atoms with Gasteiger partial charge in [-0.05, 0) is 72.4 Å². The Bertz CT molecular complexity index is 1160. The van der Waals surface area contributed by atoms with Gasteiger partial charge in [-0.2, -0.15) is 0 Å². The normalized spacial score (nSPS) is 15.7. The number of methoxy groups -OCH3 is 2. The first-order valence-electron chi connectivity index (χ1n) is 12.4. The molecule has 0 fully saturated rings. The number of benzene rings is 3. The zero-order valence-electron chi connectivity index (χ0n) is 21.7. The number of rotatable bonds is 9. The lowest BCUT2D eigenvalue weighted by Gasteiger charge is -2.38. The number of para-hydroxylation sites is 1. The number of hydrogen-bond acceptors (Lipinski definition) is 5. The van der Waals surface area contributed by atoms with Crippen LogP contribution in [0.1, 0.15) is 49.4 Å². The Morgan fingerprint density at radius 2 is 1.58 bits per heavy atom. The molecule has 6 nitrogen and oxygen atoms in total. The fourth-order valence-corrected chi connectivity index (χ4v) is 4.58. The number of hydrogen-bond donors (Lipinski definition) is 0. The van der Waals surface area contributed by atoms with E-state index < -0.39 is 6.10 Å². The summed E-state index contributed by atoms with van der Waals surface area (Å²) in [5, 5.41) is 0. The minimum absolute atomic E-state index is 0.0805. The summed E-state index contributed by atoms with van der Waals surface area (Å²) in [4.78, 5) is 15.5. The number of carbonyl (C=O) groups excluding carboxylic acids is 1. The molecule has 190 valence electrons. The van der Waals surface area contributed by atoms with E-state index in [1.54, 1.807) is 21.1 Å². The summed E-state index contributed by atoms with van der Waals surface area (Å²) in [7, 11) is 3.25. The summed E-state index contributed by atoms with van der Waals surface area (Å²) >= 11 is 0.